The lowest BCUT2D eigenvalue weighted by molar-refractivity contribution is -0.123. The highest BCUT2D eigenvalue weighted by Gasteiger charge is 2.25. The quantitative estimate of drug-likeness (QED) is 0.859. The Bertz CT molecular complexity index is 400. The maximum absolute atomic E-state index is 11.7. The molecule has 0 aromatic carbocycles. The average molecular weight is 238 g/mol. The van der Waals surface area contributed by atoms with Crippen molar-refractivity contribution >= 4 is 11.8 Å². The molecule has 1 N–H and O–H groups in total. The van der Waals surface area contributed by atoms with Crippen LogP contribution in [0.4, 0.5) is 5.88 Å². The van der Waals surface area contributed by atoms with Gasteiger partial charge in [0.15, 0.2) is 0 Å². The summed E-state index contributed by atoms with van der Waals surface area (Å²) in [5, 5.41) is 6.62. The maximum Gasteiger partial charge on any atom is 0.232 e. The lowest BCUT2D eigenvalue weighted by Crippen LogP contribution is -2.27. The first-order valence-corrected chi connectivity index (χ1v) is 5.86. The molecule has 17 heavy (non-hydrogen) atoms. The van der Waals surface area contributed by atoms with E-state index in [0.29, 0.717) is 5.88 Å². The summed E-state index contributed by atoms with van der Waals surface area (Å²) in [6, 6.07) is 1.74. The van der Waals surface area contributed by atoms with Crippen LogP contribution in [0.3, 0.4) is 0 Å². The zero-order valence-electron chi connectivity index (χ0n) is 10.4. The summed E-state index contributed by atoms with van der Waals surface area (Å²) in [7, 11) is 0. The number of anilines is 1. The van der Waals surface area contributed by atoms with E-state index in [4.69, 9.17) is 9.26 Å². The van der Waals surface area contributed by atoms with Crippen LogP contribution in [0.15, 0.2) is 10.6 Å². The Morgan fingerprint density at radius 2 is 2.29 bits per heavy atom. The highest BCUT2D eigenvalue weighted by molar-refractivity contribution is 5.93. The summed E-state index contributed by atoms with van der Waals surface area (Å²) in [6.07, 6.45) is 2.01. The Morgan fingerprint density at radius 1 is 1.53 bits per heavy atom. The molecule has 0 saturated carbocycles. The van der Waals surface area contributed by atoms with Crippen LogP contribution in [0, 0.1) is 5.41 Å². The van der Waals surface area contributed by atoms with Crippen LogP contribution in [0.2, 0.25) is 0 Å². The van der Waals surface area contributed by atoms with Gasteiger partial charge in [-0.1, -0.05) is 25.9 Å². The molecule has 1 aliphatic rings. The monoisotopic (exact) mass is 238 g/mol. The van der Waals surface area contributed by atoms with Gasteiger partial charge in [0.25, 0.3) is 0 Å². The zero-order valence-corrected chi connectivity index (χ0v) is 10.4. The summed E-state index contributed by atoms with van der Waals surface area (Å²) in [6.45, 7) is 6.31. The Kier molecular flexibility index (Phi) is 3.19. The smallest absolute Gasteiger partial charge is 0.232 e. The van der Waals surface area contributed by atoms with Crippen molar-refractivity contribution in [2.24, 2.45) is 5.41 Å². The SMILES string of the molecule is CC(C)(C)C(=O)Nc1cc(C2CCCO2)no1. The van der Waals surface area contributed by atoms with E-state index in [1.165, 1.54) is 0 Å². The number of carbonyl (C=O) groups is 1. The van der Waals surface area contributed by atoms with Gasteiger partial charge in [0, 0.05) is 18.1 Å². The second-order valence-electron chi connectivity index (χ2n) is 5.32. The first kappa shape index (κ1) is 12.1. The fourth-order valence-corrected chi connectivity index (χ4v) is 1.61. The summed E-state index contributed by atoms with van der Waals surface area (Å²) >= 11 is 0. The zero-order chi connectivity index (χ0) is 12.5. The molecule has 2 rings (SSSR count). The molecule has 1 aromatic heterocycles. The Labute approximate surface area is 101 Å². The first-order chi connectivity index (χ1) is 7.97. The van der Waals surface area contributed by atoms with E-state index in [2.05, 4.69) is 10.5 Å². The Hall–Kier alpha value is -1.36. The lowest BCUT2D eigenvalue weighted by atomic mass is 9.96. The Morgan fingerprint density at radius 3 is 2.88 bits per heavy atom. The van der Waals surface area contributed by atoms with Gasteiger partial charge in [-0.05, 0) is 12.8 Å². The van der Waals surface area contributed by atoms with E-state index >= 15 is 0 Å². The number of nitrogens with one attached hydrogen (secondary N) is 1. The van der Waals surface area contributed by atoms with Crippen molar-refractivity contribution in [3.8, 4) is 0 Å². The van der Waals surface area contributed by atoms with E-state index in [1.54, 1.807) is 6.07 Å². The Balaban J connectivity index is 2.01. The van der Waals surface area contributed by atoms with Gasteiger partial charge in [0.2, 0.25) is 11.8 Å². The molecular formula is C12H18N2O3. The molecule has 94 valence electrons. The topological polar surface area (TPSA) is 64.4 Å². The number of aromatic nitrogens is 1. The van der Waals surface area contributed by atoms with Crippen molar-refractivity contribution in [3.63, 3.8) is 0 Å². The van der Waals surface area contributed by atoms with Gasteiger partial charge in [0.05, 0.1) is 0 Å². The van der Waals surface area contributed by atoms with Gasteiger partial charge in [-0.2, -0.15) is 0 Å². The van der Waals surface area contributed by atoms with E-state index in [-0.39, 0.29) is 12.0 Å². The fourth-order valence-electron chi connectivity index (χ4n) is 1.61. The van der Waals surface area contributed by atoms with Gasteiger partial charge < -0.3 is 9.26 Å². The molecule has 0 spiro atoms. The molecule has 5 nitrogen and oxygen atoms in total. The molecule has 1 atom stereocenters. The molecule has 1 fully saturated rings. The molecule has 0 bridgehead atoms. The third-order valence-electron chi connectivity index (χ3n) is 2.71. The van der Waals surface area contributed by atoms with Gasteiger partial charge >= 0.3 is 0 Å². The third-order valence-corrected chi connectivity index (χ3v) is 2.71. The number of rotatable bonds is 2. The highest BCUT2D eigenvalue weighted by Crippen LogP contribution is 2.29. The summed E-state index contributed by atoms with van der Waals surface area (Å²) in [4.78, 5) is 11.7. The standard InChI is InChI=1S/C12H18N2O3/c1-12(2,3)11(15)13-10-7-8(14-17-10)9-5-4-6-16-9/h7,9H,4-6H2,1-3H3,(H,13,15). The van der Waals surface area contributed by atoms with Crippen molar-refractivity contribution in [1.82, 2.24) is 5.16 Å². The van der Waals surface area contributed by atoms with Crippen molar-refractivity contribution < 1.29 is 14.1 Å². The second kappa shape index (κ2) is 4.49. The van der Waals surface area contributed by atoms with Gasteiger partial charge in [-0.15, -0.1) is 0 Å². The van der Waals surface area contributed by atoms with Crippen LogP contribution in [0.1, 0.15) is 45.4 Å². The van der Waals surface area contributed by atoms with E-state index in [0.717, 1.165) is 25.1 Å². The third kappa shape index (κ3) is 2.85. The van der Waals surface area contributed by atoms with E-state index < -0.39 is 5.41 Å². The fraction of sp³-hybridized carbons (Fsp3) is 0.667. The second-order valence-corrected chi connectivity index (χ2v) is 5.32. The normalized spacial score (nSPS) is 20.5. The lowest BCUT2D eigenvalue weighted by Gasteiger charge is -2.15. The van der Waals surface area contributed by atoms with Crippen LogP contribution in [-0.4, -0.2) is 17.7 Å². The van der Waals surface area contributed by atoms with Crippen molar-refractivity contribution in [3.05, 3.63) is 11.8 Å². The minimum Gasteiger partial charge on any atom is -0.372 e. The molecule has 0 aliphatic carbocycles. The molecule has 1 amide bonds. The predicted octanol–water partition coefficient (Wildman–Crippen LogP) is 2.51. The van der Waals surface area contributed by atoms with Crippen LogP contribution in [0.25, 0.3) is 0 Å². The van der Waals surface area contributed by atoms with Crippen molar-refractivity contribution in [2.75, 3.05) is 11.9 Å². The van der Waals surface area contributed by atoms with Crippen molar-refractivity contribution in [1.29, 1.82) is 0 Å². The molecule has 5 heteroatoms. The average Bonchev–Trinajstić information content (AvgIpc) is 2.83. The van der Waals surface area contributed by atoms with Crippen LogP contribution in [-0.2, 0) is 9.53 Å². The number of carbonyl (C=O) groups excluding carboxylic acids is 1. The summed E-state index contributed by atoms with van der Waals surface area (Å²) in [5.74, 6) is 0.294. The summed E-state index contributed by atoms with van der Waals surface area (Å²) < 4.78 is 10.6. The molecule has 1 saturated heterocycles. The van der Waals surface area contributed by atoms with Crippen LogP contribution >= 0.6 is 0 Å². The number of nitrogens with zero attached hydrogens (tertiary/aromatic N) is 1. The largest absolute Gasteiger partial charge is 0.372 e. The number of amides is 1. The highest BCUT2D eigenvalue weighted by atomic mass is 16.5. The molecule has 2 heterocycles. The van der Waals surface area contributed by atoms with E-state index in [1.807, 2.05) is 20.8 Å². The van der Waals surface area contributed by atoms with Crippen molar-refractivity contribution in [2.45, 2.75) is 39.7 Å². The molecule has 0 radical (unpaired) electrons. The minimum atomic E-state index is -0.448. The van der Waals surface area contributed by atoms with Gasteiger partial charge in [-0.25, -0.2) is 0 Å². The van der Waals surface area contributed by atoms with Gasteiger partial charge in [0.1, 0.15) is 11.8 Å². The summed E-state index contributed by atoms with van der Waals surface area (Å²) in [5.41, 5.74) is 0.309. The molecule has 1 aliphatic heterocycles. The first-order valence-electron chi connectivity index (χ1n) is 5.86. The molecule has 1 unspecified atom stereocenters. The van der Waals surface area contributed by atoms with E-state index in [9.17, 15) is 4.79 Å². The number of hydrogen-bond donors (Lipinski definition) is 1. The van der Waals surface area contributed by atoms with Crippen LogP contribution < -0.4 is 5.32 Å². The number of hydrogen-bond acceptors (Lipinski definition) is 4. The number of ether oxygens (including phenoxy) is 1. The predicted molar refractivity (Wildman–Crippen MR) is 62.5 cm³/mol. The minimum absolute atomic E-state index is 0.0130. The molecular weight excluding hydrogens is 220 g/mol. The van der Waals surface area contributed by atoms with Gasteiger partial charge in [-0.3, -0.25) is 10.1 Å². The van der Waals surface area contributed by atoms with Crippen LogP contribution in [0.5, 0.6) is 0 Å². The molecule has 1 aromatic rings. The maximum atomic E-state index is 11.7.